The molecule has 37 heavy (non-hydrogen) atoms. The maximum Gasteiger partial charge on any atom is 0.271 e. The number of aromatic amines is 1. The average Bonchev–Trinajstić information content (AvgIpc) is 3.52. The summed E-state index contributed by atoms with van der Waals surface area (Å²) in [5.74, 6) is -0.510. The van der Waals surface area contributed by atoms with E-state index in [2.05, 4.69) is 21.7 Å². The number of hydrogen-bond acceptors (Lipinski definition) is 5. The van der Waals surface area contributed by atoms with Gasteiger partial charge in [0.2, 0.25) is 11.8 Å². The van der Waals surface area contributed by atoms with Gasteiger partial charge in [-0.1, -0.05) is 29.8 Å². The van der Waals surface area contributed by atoms with Gasteiger partial charge in [0.1, 0.15) is 23.5 Å². The van der Waals surface area contributed by atoms with E-state index < -0.39 is 18.0 Å². The molecule has 3 amide bonds. The molecule has 0 spiro atoms. The lowest BCUT2D eigenvalue weighted by atomic mass is 9.90. The Hall–Kier alpha value is -4.32. The van der Waals surface area contributed by atoms with Crippen LogP contribution in [-0.4, -0.2) is 53.8 Å². The maximum atomic E-state index is 13.8. The van der Waals surface area contributed by atoms with Gasteiger partial charge in [-0.15, -0.1) is 0 Å². The molecule has 1 fully saturated rings. The number of rotatable bonds is 6. The first-order valence-electron chi connectivity index (χ1n) is 12.4. The first kappa shape index (κ1) is 24.4. The number of methoxy groups -OCH3 is 1. The van der Waals surface area contributed by atoms with Gasteiger partial charge in [-0.2, -0.15) is 5.26 Å². The van der Waals surface area contributed by atoms with Crippen molar-refractivity contribution in [2.75, 3.05) is 20.2 Å². The zero-order chi connectivity index (χ0) is 26.1. The second-order valence-corrected chi connectivity index (χ2v) is 9.66. The first-order chi connectivity index (χ1) is 17.9. The lowest BCUT2D eigenvalue weighted by molar-refractivity contribution is -0.127. The number of ether oxygens (including phenoxy) is 1. The molecule has 1 saturated heterocycles. The highest BCUT2D eigenvalue weighted by Gasteiger charge is 2.38. The van der Waals surface area contributed by atoms with Crippen LogP contribution in [0.4, 0.5) is 0 Å². The number of benzene rings is 2. The molecule has 0 bridgehead atoms. The van der Waals surface area contributed by atoms with Crippen LogP contribution in [0.25, 0.3) is 10.9 Å². The fourth-order valence-electron chi connectivity index (χ4n) is 5.38. The molecule has 9 heteroatoms. The molecule has 2 aliphatic heterocycles. The summed E-state index contributed by atoms with van der Waals surface area (Å²) in [6, 6.07) is 13.5. The number of nitriles is 1. The van der Waals surface area contributed by atoms with Crippen molar-refractivity contribution in [3.8, 4) is 11.8 Å². The smallest absolute Gasteiger partial charge is 0.271 e. The molecule has 190 valence electrons. The fourth-order valence-corrected chi connectivity index (χ4v) is 5.38. The minimum atomic E-state index is -0.904. The van der Waals surface area contributed by atoms with Crippen LogP contribution in [0.2, 0.25) is 0 Å². The Morgan fingerprint density at radius 1 is 1.27 bits per heavy atom. The molecule has 3 N–H and O–H groups in total. The third-order valence-corrected chi connectivity index (χ3v) is 7.27. The Balaban J connectivity index is 1.46. The quantitative estimate of drug-likeness (QED) is 0.481. The number of H-pyrrole nitrogens is 1. The molecule has 9 nitrogen and oxygen atoms in total. The molecule has 2 aliphatic rings. The van der Waals surface area contributed by atoms with E-state index >= 15 is 0 Å². The van der Waals surface area contributed by atoms with E-state index in [9.17, 15) is 19.6 Å². The molecule has 0 radical (unpaired) electrons. The molecular formula is C28H29N5O4. The summed E-state index contributed by atoms with van der Waals surface area (Å²) >= 11 is 0. The molecule has 3 aromatic rings. The van der Waals surface area contributed by atoms with Crippen LogP contribution in [0.5, 0.6) is 5.75 Å². The number of nitrogens with zero attached hydrogens (tertiary/aromatic N) is 2. The minimum Gasteiger partial charge on any atom is -0.496 e. The fraction of sp³-hybridized carbons (Fsp3) is 0.357. The van der Waals surface area contributed by atoms with Gasteiger partial charge in [0.05, 0.1) is 13.2 Å². The summed E-state index contributed by atoms with van der Waals surface area (Å²) in [4.78, 5) is 44.2. The largest absolute Gasteiger partial charge is 0.496 e. The average molecular weight is 500 g/mol. The Kier molecular flexibility index (Phi) is 6.57. The van der Waals surface area contributed by atoms with Gasteiger partial charge < -0.3 is 25.3 Å². The summed E-state index contributed by atoms with van der Waals surface area (Å²) < 4.78 is 5.43. The van der Waals surface area contributed by atoms with E-state index in [1.54, 1.807) is 18.1 Å². The van der Waals surface area contributed by atoms with E-state index in [0.717, 1.165) is 27.6 Å². The van der Waals surface area contributed by atoms with Crippen LogP contribution in [-0.2, 0) is 16.0 Å². The van der Waals surface area contributed by atoms with Gasteiger partial charge in [-0.3, -0.25) is 14.4 Å². The molecule has 3 atom stereocenters. The molecule has 0 saturated carbocycles. The zero-order valence-electron chi connectivity index (χ0n) is 20.8. The van der Waals surface area contributed by atoms with E-state index in [0.29, 0.717) is 37.4 Å². The van der Waals surface area contributed by atoms with E-state index in [-0.39, 0.29) is 24.2 Å². The number of aryl methyl sites for hydroxylation is 1. The van der Waals surface area contributed by atoms with Crippen LogP contribution in [0, 0.1) is 24.2 Å². The molecule has 2 aromatic carbocycles. The van der Waals surface area contributed by atoms with Crippen LogP contribution in [0.3, 0.4) is 0 Å². The second kappa shape index (κ2) is 9.97. The van der Waals surface area contributed by atoms with Crippen LogP contribution < -0.4 is 15.4 Å². The standard InChI is InChI=1S/C28H29N5O4/c1-16-6-7-20-17(12-16)9-11-33(28(36)23-14-21-22(32-23)4-3-5-24(21)37-2)25(20)27(35)31-19(15-29)13-18-8-10-30-26(18)34/h3-7,12,14,18-19,25,32H,8-11,13H2,1-2H3,(H,30,34)(H,31,35)/t18?,19-,25+/m0/s1. The van der Waals surface area contributed by atoms with Crippen molar-refractivity contribution in [1.82, 2.24) is 20.5 Å². The van der Waals surface area contributed by atoms with Crippen molar-refractivity contribution in [3.05, 3.63) is 64.8 Å². The lowest BCUT2D eigenvalue weighted by Crippen LogP contribution is -2.49. The highest BCUT2D eigenvalue weighted by molar-refractivity contribution is 6.02. The van der Waals surface area contributed by atoms with E-state index in [1.807, 2.05) is 43.3 Å². The summed E-state index contributed by atoms with van der Waals surface area (Å²) in [7, 11) is 1.58. The van der Waals surface area contributed by atoms with Crippen molar-refractivity contribution in [1.29, 1.82) is 5.26 Å². The molecular weight excluding hydrogens is 470 g/mol. The zero-order valence-corrected chi connectivity index (χ0v) is 20.8. The summed E-state index contributed by atoms with van der Waals surface area (Å²) in [6.07, 6.45) is 1.48. The molecule has 1 unspecified atom stereocenters. The monoisotopic (exact) mass is 499 g/mol. The highest BCUT2D eigenvalue weighted by Crippen LogP contribution is 2.33. The van der Waals surface area contributed by atoms with Gasteiger partial charge in [-0.25, -0.2) is 0 Å². The number of aromatic nitrogens is 1. The van der Waals surface area contributed by atoms with Gasteiger partial charge >= 0.3 is 0 Å². The highest BCUT2D eigenvalue weighted by atomic mass is 16.5. The van der Waals surface area contributed by atoms with Crippen molar-refractivity contribution in [3.63, 3.8) is 0 Å². The predicted octanol–water partition coefficient (Wildman–Crippen LogP) is 2.76. The summed E-state index contributed by atoms with van der Waals surface area (Å²) in [5, 5.41) is 16.1. The SMILES string of the molecule is COc1cccc2[nH]c(C(=O)N3CCc4cc(C)ccc4[C@@H]3C(=O)N[C@H](C#N)CC3CCNC3=O)cc12. The Morgan fingerprint density at radius 3 is 2.84 bits per heavy atom. The molecule has 3 heterocycles. The predicted molar refractivity (Wildman–Crippen MR) is 137 cm³/mol. The Labute approximate surface area is 214 Å². The topological polar surface area (TPSA) is 127 Å². The van der Waals surface area contributed by atoms with Crippen molar-refractivity contribution >= 4 is 28.6 Å². The van der Waals surface area contributed by atoms with Crippen molar-refractivity contribution in [2.45, 2.75) is 38.3 Å². The van der Waals surface area contributed by atoms with Gasteiger partial charge in [0.25, 0.3) is 5.91 Å². The van der Waals surface area contributed by atoms with Crippen molar-refractivity contribution in [2.24, 2.45) is 5.92 Å². The molecule has 0 aliphatic carbocycles. The third kappa shape index (κ3) is 4.62. The van der Waals surface area contributed by atoms with Crippen LogP contribution in [0.15, 0.2) is 42.5 Å². The maximum absolute atomic E-state index is 13.8. The number of nitrogens with one attached hydrogen (secondary N) is 3. The van der Waals surface area contributed by atoms with E-state index in [1.165, 1.54) is 0 Å². The summed E-state index contributed by atoms with van der Waals surface area (Å²) in [5.41, 5.74) is 3.93. The normalized spacial score (nSPS) is 19.6. The number of amides is 3. The molecule has 5 rings (SSSR count). The Bertz CT molecular complexity index is 1420. The third-order valence-electron chi connectivity index (χ3n) is 7.27. The number of carbonyl (C=O) groups excluding carboxylic acids is 3. The van der Waals surface area contributed by atoms with Gasteiger partial charge in [0.15, 0.2) is 0 Å². The first-order valence-corrected chi connectivity index (χ1v) is 12.4. The lowest BCUT2D eigenvalue weighted by Gasteiger charge is -2.36. The van der Waals surface area contributed by atoms with Gasteiger partial charge in [0, 0.05) is 29.9 Å². The van der Waals surface area contributed by atoms with Crippen LogP contribution in [0.1, 0.15) is 46.1 Å². The van der Waals surface area contributed by atoms with Crippen LogP contribution >= 0.6 is 0 Å². The van der Waals surface area contributed by atoms with Crippen molar-refractivity contribution < 1.29 is 19.1 Å². The minimum absolute atomic E-state index is 0.0981. The number of fused-ring (bicyclic) bond motifs is 2. The second-order valence-electron chi connectivity index (χ2n) is 9.66. The number of carbonyl (C=O) groups is 3. The van der Waals surface area contributed by atoms with Gasteiger partial charge in [-0.05, 0) is 55.5 Å². The van der Waals surface area contributed by atoms with E-state index in [4.69, 9.17) is 4.74 Å². The summed E-state index contributed by atoms with van der Waals surface area (Å²) in [6.45, 7) is 2.91. The molecule has 1 aromatic heterocycles. The number of hydrogen-bond donors (Lipinski definition) is 3. The Morgan fingerprint density at radius 2 is 2.11 bits per heavy atom.